The zero-order valence-electron chi connectivity index (χ0n) is 9.06. The Morgan fingerprint density at radius 3 is 2.75 bits per heavy atom. The second-order valence-electron chi connectivity index (χ2n) is 4.15. The predicted molar refractivity (Wildman–Crippen MR) is 57.8 cm³/mol. The number of pyridine rings is 1. The molecule has 84 valence electrons. The van der Waals surface area contributed by atoms with Gasteiger partial charge in [-0.05, 0) is 38.1 Å². The van der Waals surface area contributed by atoms with Crippen molar-refractivity contribution in [2.75, 3.05) is 13.1 Å². The van der Waals surface area contributed by atoms with Crippen molar-refractivity contribution in [2.45, 2.75) is 19.4 Å². The highest BCUT2D eigenvalue weighted by molar-refractivity contribution is 5.05. The quantitative estimate of drug-likeness (QED) is 0.763. The van der Waals surface area contributed by atoms with Gasteiger partial charge in [0.1, 0.15) is 5.82 Å². The molecule has 0 N–H and O–H groups in total. The van der Waals surface area contributed by atoms with Crippen LogP contribution >= 0.6 is 0 Å². The molecule has 0 bridgehead atoms. The third-order valence-electron chi connectivity index (χ3n) is 2.94. The van der Waals surface area contributed by atoms with E-state index in [1.54, 1.807) is 6.07 Å². The third-order valence-corrected chi connectivity index (χ3v) is 2.94. The number of hydrogen-bond acceptors (Lipinski definition) is 3. The summed E-state index contributed by atoms with van der Waals surface area (Å²) in [5.41, 5.74) is 0.886. The summed E-state index contributed by atoms with van der Waals surface area (Å²) in [5, 5.41) is 8.78. The molecule has 0 atom stereocenters. The van der Waals surface area contributed by atoms with E-state index in [4.69, 9.17) is 5.26 Å². The lowest BCUT2D eigenvalue weighted by Gasteiger charge is -2.28. The average Bonchev–Trinajstić information content (AvgIpc) is 2.33. The largest absolute Gasteiger partial charge is 0.297 e. The number of rotatable bonds is 2. The zero-order chi connectivity index (χ0) is 11.4. The number of nitrogens with zero attached hydrogens (tertiary/aromatic N) is 3. The normalized spacial score (nSPS) is 18.2. The van der Waals surface area contributed by atoms with E-state index in [9.17, 15) is 4.39 Å². The Kier molecular flexibility index (Phi) is 3.47. The Hall–Kier alpha value is -1.47. The number of piperidine rings is 1. The van der Waals surface area contributed by atoms with E-state index in [1.165, 1.54) is 12.3 Å². The van der Waals surface area contributed by atoms with Gasteiger partial charge in [-0.25, -0.2) is 4.39 Å². The van der Waals surface area contributed by atoms with Crippen LogP contribution in [0.15, 0.2) is 18.3 Å². The highest BCUT2D eigenvalue weighted by Crippen LogP contribution is 2.17. The van der Waals surface area contributed by atoms with Crippen LogP contribution in [0.1, 0.15) is 18.5 Å². The number of halogens is 1. The lowest BCUT2D eigenvalue weighted by atomic mass is 9.98. The van der Waals surface area contributed by atoms with Crippen molar-refractivity contribution in [1.82, 2.24) is 9.88 Å². The van der Waals surface area contributed by atoms with Gasteiger partial charge in [0.05, 0.1) is 18.0 Å². The Labute approximate surface area is 94.5 Å². The van der Waals surface area contributed by atoms with Gasteiger partial charge in [-0.3, -0.25) is 9.88 Å². The molecule has 0 saturated carbocycles. The minimum atomic E-state index is -0.299. The minimum Gasteiger partial charge on any atom is -0.297 e. The molecule has 1 aliphatic heterocycles. The van der Waals surface area contributed by atoms with Crippen LogP contribution in [-0.2, 0) is 6.54 Å². The topological polar surface area (TPSA) is 39.9 Å². The van der Waals surface area contributed by atoms with Crippen LogP contribution in [0.2, 0.25) is 0 Å². The van der Waals surface area contributed by atoms with E-state index < -0.39 is 0 Å². The molecular weight excluding hydrogens is 205 g/mol. The number of aromatic nitrogens is 1. The lowest BCUT2D eigenvalue weighted by Crippen LogP contribution is -2.33. The maximum absolute atomic E-state index is 12.7. The Morgan fingerprint density at radius 2 is 2.19 bits per heavy atom. The fourth-order valence-electron chi connectivity index (χ4n) is 1.95. The molecule has 0 unspecified atom stereocenters. The first-order valence-corrected chi connectivity index (χ1v) is 5.50. The van der Waals surface area contributed by atoms with Crippen LogP contribution in [-0.4, -0.2) is 23.0 Å². The van der Waals surface area contributed by atoms with E-state index >= 15 is 0 Å². The molecule has 1 aliphatic rings. The van der Waals surface area contributed by atoms with E-state index in [-0.39, 0.29) is 11.7 Å². The van der Waals surface area contributed by atoms with Crippen LogP contribution in [0.25, 0.3) is 0 Å². The molecule has 0 aliphatic carbocycles. The summed E-state index contributed by atoms with van der Waals surface area (Å²) in [7, 11) is 0. The number of nitriles is 1. The van der Waals surface area contributed by atoms with Crippen LogP contribution in [0.5, 0.6) is 0 Å². The van der Waals surface area contributed by atoms with Gasteiger partial charge < -0.3 is 0 Å². The first kappa shape index (κ1) is 11.0. The van der Waals surface area contributed by atoms with Crippen molar-refractivity contribution in [3.63, 3.8) is 0 Å². The zero-order valence-corrected chi connectivity index (χ0v) is 9.06. The predicted octanol–water partition coefficient (Wildman–Crippen LogP) is 1.96. The summed E-state index contributed by atoms with van der Waals surface area (Å²) < 4.78 is 12.7. The Morgan fingerprint density at radius 1 is 1.44 bits per heavy atom. The van der Waals surface area contributed by atoms with Crippen molar-refractivity contribution in [3.8, 4) is 6.07 Å². The maximum Gasteiger partial charge on any atom is 0.141 e. The smallest absolute Gasteiger partial charge is 0.141 e. The van der Waals surface area contributed by atoms with E-state index in [2.05, 4.69) is 16.0 Å². The lowest BCUT2D eigenvalue weighted by molar-refractivity contribution is 0.196. The van der Waals surface area contributed by atoms with Crippen molar-refractivity contribution in [1.29, 1.82) is 5.26 Å². The molecule has 1 saturated heterocycles. The summed E-state index contributed by atoms with van der Waals surface area (Å²) in [6.45, 7) is 2.60. The van der Waals surface area contributed by atoms with Crippen LogP contribution < -0.4 is 0 Å². The van der Waals surface area contributed by atoms with E-state index in [0.717, 1.165) is 38.2 Å². The molecular formula is C12H14FN3. The van der Waals surface area contributed by atoms with Gasteiger partial charge >= 0.3 is 0 Å². The minimum absolute atomic E-state index is 0.206. The highest BCUT2D eigenvalue weighted by atomic mass is 19.1. The standard InChI is InChI=1S/C12H14FN3/c13-11-1-2-12(15-8-11)9-16-5-3-10(7-14)4-6-16/h1-2,8,10H,3-6,9H2. The molecule has 16 heavy (non-hydrogen) atoms. The molecule has 3 nitrogen and oxygen atoms in total. The van der Waals surface area contributed by atoms with Gasteiger partial charge in [0.15, 0.2) is 0 Å². The molecule has 2 heterocycles. The molecule has 1 fully saturated rings. The monoisotopic (exact) mass is 219 g/mol. The highest BCUT2D eigenvalue weighted by Gasteiger charge is 2.18. The molecule has 0 radical (unpaired) electrons. The van der Waals surface area contributed by atoms with Gasteiger partial charge in [0, 0.05) is 12.5 Å². The molecule has 1 aromatic rings. The fourth-order valence-corrected chi connectivity index (χ4v) is 1.95. The Balaban J connectivity index is 1.87. The number of likely N-dealkylation sites (tertiary alicyclic amines) is 1. The van der Waals surface area contributed by atoms with Crippen molar-refractivity contribution < 1.29 is 4.39 Å². The third kappa shape index (κ3) is 2.77. The molecule has 0 amide bonds. The first-order valence-electron chi connectivity index (χ1n) is 5.50. The molecule has 2 rings (SSSR count). The van der Waals surface area contributed by atoms with Gasteiger partial charge in [-0.2, -0.15) is 5.26 Å². The molecule has 1 aromatic heterocycles. The molecule has 0 aromatic carbocycles. The second-order valence-corrected chi connectivity index (χ2v) is 4.15. The van der Waals surface area contributed by atoms with Crippen LogP contribution in [0.4, 0.5) is 4.39 Å². The van der Waals surface area contributed by atoms with Crippen molar-refractivity contribution >= 4 is 0 Å². The SMILES string of the molecule is N#CC1CCN(Cc2ccc(F)cn2)CC1. The second kappa shape index (κ2) is 5.04. The summed E-state index contributed by atoms with van der Waals surface area (Å²) in [6.07, 6.45) is 3.10. The van der Waals surface area contributed by atoms with Gasteiger partial charge in [0.25, 0.3) is 0 Å². The summed E-state index contributed by atoms with van der Waals surface area (Å²) in [6, 6.07) is 5.45. The average molecular weight is 219 g/mol. The summed E-state index contributed by atoms with van der Waals surface area (Å²) >= 11 is 0. The molecule has 0 spiro atoms. The summed E-state index contributed by atoms with van der Waals surface area (Å²) in [4.78, 5) is 6.29. The summed E-state index contributed by atoms with van der Waals surface area (Å²) in [5.74, 6) is -0.0932. The van der Waals surface area contributed by atoms with Crippen molar-refractivity contribution in [2.24, 2.45) is 5.92 Å². The van der Waals surface area contributed by atoms with Gasteiger partial charge in [-0.15, -0.1) is 0 Å². The van der Waals surface area contributed by atoms with Gasteiger partial charge in [-0.1, -0.05) is 0 Å². The molecule has 4 heteroatoms. The Bertz CT molecular complexity index is 374. The van der Waals surface area contributed by atoms with Crippen molar-refractivity contribution in [3.05, 3.63) is 29.8 Å². The first-order chi connectivity index (χ1) is 7.78. The van der Waals surface area contributed by atoms with E-state index in [0.29, 0.717) is 0 Å². The van der Waals surface area contributed by atoms with Crippen LogP contribution in [0, 0.1) is 23.1 Å². The van der Waals surface area contributed by atoms with Crippen LogP contribution in [0.3, 0.4) is 0 Å². The number of hydrogen-bond donors (Lipinski definition) is 0. The fraction of sp³-hybridized carbons (Fsp3) is 0.500. The maximum atomic E-state index is 12.7. The van der Waals surface area contributed by atoms with Gasteiger partial charge in [0.2, 0.25) is 0 Å². The van der Waals surface area contributed by atoms with E-state index in [1.807, 2.05) is 0 Å².